The van der Waals surface area contributed by atoms with Crippen molar-refractivity contribution in [2.45, 2.75) is 31.6 Å². The summed E-state index contributed by atoms with van der Waals surface area (Å²) in [5, 5.41) is 9.02. The number of furan rings is 1. The van der Waals surface area contributed by atoms with E-state index in [0.29, 0.717) is 0 Å². The van der Waals surface area contributed by atoms with E-state index < -0.39 is 0 Å². The van der Waals surface area contributed by atoms with Crippen LogP contribution in [0.2, 0.25) is 0 Å². The summed E-state index contributed by atoms with van der Waals surface area (Å²) in [5.41, 5.74) is 15.0. The van der Waals surface area contributed by atoms with E-state index in [9.17, 15) is 0 Å². The Morgan fingerprint density at radius 1 is 0.604 bits per heavy atom. The van der Waals surface area contributed by atoms with Crippen LogP contribution < -0.4 is 0 Å². The Morgan fingerprint density at radius 2 is 1.38 bits per heavy atom. The molecule has 0 bridgehead atoms. The van der Waals surface area contributed by atoms with Gasteiger partial charge in [-0.05, 0) is 82.7 Å². The van der Waals surface area contributed by atoms with Gasteiger partial charge in [0.25, 0.3) is 0 Å². The molecule has 10 aromatic rings. The third-order valence-corrected chi connectivity index (χ3v) is 12.1. The van der Waals surface area contributed by atoms with Crippen molar-refractivity contribution in [1.82, 2.24) is 4.40 Å². The van der Waals surface area contributed by atoms with Crippen LogP contribution in [-0.2, 0) is 6.42 Å². The zero-order valence-corrected chi connectivity index (χ0v) is 29.1. The molecule has 3 heteroatoms. The molecule has 0 radical (unpaired) electrons. The van der Waals surface area contributed by atoms with Crippen LogP contribution in [-0.4, -0.2) is 10.1 Å². The van der Waals surface area contributed by atoms with Crippen LogP contribution in [0.25, 0.3) is 76.5 Å². The maximum Gasteiger partial charge on any atom is 0.227 e. The number of aliphatic imine (C=N–C) groups is 1. The van der Waals surface area contributed by atoms with E-state index in [4.69, 9.17) is 9.41 Å². The Kier molecular flexibility index (Phi) is 6.07. The third kappa shape index (κ3) is 4.08. The van der Waals surface area contributed by atoms with Crippen molar-refractivity contribution >= 4 is 77.0 Å². The van der Waals surface area contributed by atoms with Gasteiger partial charge in [-0.1, -0.05) is 133 Å². The van der Waals surface area contributed by atoms with Gasteiger partial charge in [0.2, 0.25) is 5.88 Å². The highest BCUT2D eigenvalue weighted by molar-refractivity contribution is 6.29. The maximum atomic E-state index is 6.72. The first kappa shape index (κ1) is 29.2. The van der Waals surface area contributed by atoms with E-state index >= 15 is 0 Å². The Labute approximate surface area is 306 Å². The smallest absolute Gasteiger partial charge is 0.227 e. The average molecular weight is 679 g/mol. The van der Waals surface area contributed by atoms with Crippen molar-refractivity contribution in [2.75, 3.05) is 0 Å². The lowest BCUT2D eigenvalue weighted by Gasteiger charge is -2.24. The number of allylic oxidation sites excluding steroid dienone is 2. The number of benzene rings is 7. The van der Waals surface area contributed by atoms with E-state index in [1.165, 1.54) is 76.7 Å². The van der Waals surface area contributed by atoms with E-state index in [-0.39, 0.29) is 5.92 Å². The predicted molar refractivity (Wildman–Crippen MR) is 221 cm³/mol. The molecule has 53 heavy (non-hydrogen) atoms. The summed E-state index contributed by atoms with van der Waals surface area (Å²) in [7, 11) is 0. The summed E-state index contributed by atoms with van der Waals surface area (Å²) in [5.74, 6) is 0.845. The molecule has 0 N–H and O–H groups in total. The summed E-state index contributed by atoms with van der Waals surface area (Å²) < 4.78 is 9.30. The van der Waals surface area contributed by atoms with Crippen LogP contribution in [0.3, 0.4) is 0 Å². The predicted octanol–water partition coefficient (Wildman–Crippen LogP) is 13.4. The molecule has 3 nitrogen and oxygen atoms in total. The largest absolute Gasteiger partial charge is 0.438 e. The first-order valence-electron chi connectivity index (χ1n) is 18.9. The van der Waals surface area contributed by atoms with Gasteiger partial charge in [-0.25, -0.2) is 4.99 Å². The molecule has 0 amide bonds. The molecule has 1 unspecified atom stereocenters. The lowest BCUT2D eigenvalue weighted by Crippen LogP contribution is -2.08. The lowest BCUT2D eigenvalue weighted by molar-refractivity contribution is 0.623. The molecule has 1 aliphatic carbocycles. The molecule has 3 aromatic heterocycles. The van der Waals surface area contributed by atoms with Crippen molar-refractivity contribution in [3.63, 3.8) is 0 Å². The monoisotopic (exact) mass is 678 g/mol. The number of para-hydroxylation sites is 2. The van der Waals surface area contributed by atoms with E-state index in [2.05, 4.69) is 156 Å². The number of nitrogens with zero attached hydrogens (tertiary/aromatic N) is 2. The topological polar surface area (TPSA) is 29.9 Å². The minimum Gasteiger partial charge on any atom is -0.438 e. The first-order chi connectivity index (χ1) is 26.3. The number of fused-ring (bicyclic) bond motifs is 15. The minimum atomic E-state index is 0.124. The number of aryl methyl sites for hydroxylation is 1. The van der Waals surface area contributed by atoms with Crippen LogP contribution in [0.5, 0.6) is 0 Å². The molecule has 0 saturated carbocycles. The van der Waals surface area contributed by atoms with Crippen molar-refractivity contribution in [1.29, 1.82) is 0 Å². The van der Waals surface area contributed by atoms with Crippen molar-refractivity contribution in [2.24, 2.45) is 4.99 Å². The van der Waals surface area contributed by atoms with Crippen molar-refractivity contribution in [3.05, 3.63) is 174 Å². The SMILES string of the molecule is C1=C(/C2CCc3ccccc3-c3cc4c5ccc6ccccc6c5n5c6ccccc6c(c32)c45)c2c(oc3ccccc23)/N=C(/c2ccccc2)CC/1. The zero-order chi connectivity index (χ0) is 34.6. The Bertz CT molecular complexity index is 3170. The molecular weight excluding hydrogens is 645 g/mol. The fourth-order valence-corrected chi connectivity index (χ4v) is 9.88. The summed E-state index contributed by atoms with van der Waals surface area (Å²) in [6.07, 6.45) is 6.27. The highest BCUT2D eigenvalue weighted by Gasteiger charge is 2.34. The van der Waals surface area contributed by atoms with Crippen LogP contribution in [0.15, 0.2) is 161 Å². The Balaban J connectivity index is 1.22. The van der Waals surface area contributed by atoms with Gasteiger partial charge in [0.15, 0.2) is 0 Å². The number of rotatable bonds is 2. The fraction of sp³-hybridized carbons (Fsp3) is 0.100. The van der Waals surface area contributed by atoms with Crippen molar-refractivity contribution in [3.8, 4) is 11.1 Å². The molecule has 250 valence electrons. The van der Waals surface area contributed by atoms with Crippen LogP contribution in [0, 0.1) is 0 Å². The number of hydrogen-bond acceptors (Lipinski definition) is 2. The van der Waals surface area contributed by atoms with Gasteiger partial charge in [0.05, 0.1) is 27.8 Å². The highest BCUT2D eigenvalue weighted by Crippen LogP contribution is 2.55. The third-order valence-electron chi connectivity index (χ3n) is 12.1. The van der Waals surface area contributed by atoms with Gasteiger partial charge < -0.3 is 8.82 Å². The van der Waals surface area contributed by atoms with Gasteiger partial charge in [0.1, 0.15) is 5.58 Å². The van der Waals surface area contributed by atoms with Crippen LogP contribution >= 0.6 is 0 Å². The van der Waals surface area contributed by atoms with Crippen LogP contribution in [0.4, 0.5) is 5.88 Å². The zero-order valence-electron chi connectivity index (χ0n) is 29.1. The normalized spacial score (nSPS) is 18.0. The van der Waals surface area contributed by atoms with E-state index in [1.54, 1.807) is 0 Å². The minimum absolute atomic E-state index is 0.124. The summed E-state index contributed by atoms with van der Waals surface area (Å²) in [6, 6.07) is 53.4. The van der Waals surface area contributed by atoms with E-state index in [1.807, 2.05) is 0 Å². The molecule has 1 aliphatic heterocycles. The fourth-order valence-electron chi connectivity index (χ4n) is 9.88. The molecule has 0 saturated heterocycles. The Hall–Kier alpha value is -6.45. The lowest BCUT2D eigenvalue weighted by atomic mass is 9.78. The summed E-state index contributed by atoms with van der Waals surface area (Å²) in [6.45, 7) is 0. The van der Waals surface area contributed by atoms with Gasteiger partial charge >= 0.3 is 0 Å². The second-order valence-electron chi connectivity index (χ2n) is 14.8. The molecule has 7 aromatic carbocycles. The Morgan fingerprint density at radius 3 is 2.30 bits per heavy atom. The molecule has 2 aliphatic rings. The van der Waals surface area contributed by atoms with Crippen LogP contribution in [0.1, 0.15) is 47.4 Å². The summed E-state index contributed by atoms with van der Waals surface area (Å²) in [4.78, 5) is 5.37. The molecule has 12 rings (SSSR count). The molecule has 1 atom stereocenters. The second kappa shape index (κ2) is 11.0. The van der Waals surface area contributed by atoms with Gasteiger partial charge in [-0.2, -0.15) is 0 Å². The average Bonchev–Trinajstić information content (AvgIpc) is 3.81. The highest BCUT2D eigenvalue weighted by atomic mass is 16.3. The molecule has 0 spiro atoms. The maximum absolute atomic E-state index is 6.72. The van der Waals surface area contributed by atoms with Crippen molar-refractivity contribution < 1.29 is 4.42 Å². The number of hydrogen-bond donors (Lipinski definition) is 0. The standard InChI is InChI=1S/C50H34N2O/c1-2-15-32(16-3-1)42-22-12-21-35(46-39-20-9-11-24-44(39)53-50(46)51-42)36-27-25-30-13-4-6-17-33(30)40-29-41-37-28-26-31-14-5-7-18-34(31)48(37)52-43-23-10-8-19-38(43)47(45(36)40)49(41)52/h1-11,13-21,23-24,26,28-29,36H,12,22,25,27H2/b35-21-,51-42+. The second-order valence-corrected chi connectivity index (χ2v) is 14.8. The first-order valence-corrected chi connectivity index (χ1v) is 18.9. The quantitative estimate of drug-likeness (QED) is 0.179. The van der Waals surface area contributed by atoms with Gasteiger partial charge in [-0.15, -0.1) is 0 Å². The van der Waals surface area contributed by atoms with Gasteiger partial charge in [-0.3, -0.25) is 0 Å². The van der Waals surface area contributed by atoms with E-state index in [0.717, 1.165) is 59.4 Å². The molecular formula is C50H34N2O. The summed E-state index contributed by atoms with van der Waals surface area (Å²) >= 11 is 0. The molecule has 4 heterocycles. The van der Waals surface area contributed by atoms with Gasteiger partial charge in [0, 0.05) is 38.2 Å². The molecule has 0 fully saturated rings. The number of aromatic nitrogens is 1.